The largest absolute Gasteiger partial charge is 0.481 e. The van der Waals surface area contributed by atoms with Gasteiger partial charge in [0.15, 0.2) is 5.82 Å². The first-order valence-corrected chi connectivity index (χ1v) is 10.2. The van der Waals surface area contributed by atoms with Crippen molar-refractivity contribution in [2.24, 2.45) is 0 Å². The fourth-order valence-corrected chi connectivity index (χ4v) is 3.45. The number of hydrogen-bond acceptors (Lipinski definition) is 6. The number of carbonyl (C=O) groups is 1. The summed E-state index contributed by atoms with van der Waals surface area (Å²) in [7, 11) is 0. The van der Waals surface area contributed by atoms with Crippen LogP contribution in [0.5, 0.6) is 0 Å². The van der Waals surface area contributed by atoms with Crippen LogP contribution in [-0.2, 0) is 24.2 Å². The quantitative estimate of drug-likeness (QED) is 0.429. The summed E-state index contributed by atoms with van der Waals surface area (Å²) in [6.45, 7) is 2.60. The molecule has 158 valence electrons. The van der Waals surface area contributed by atoms with E-state index in [-0.39, 0.29) is 6.42 Å². The fraction of sp³-hybridized carbons (Fsp3) is 0.273. The number of H-pyrrole nitrogens is 1. The van der Waals surface area contributed by atoms with Crippen LogP contribution in [-0.4, -0.2) is 46.5 Å². The average molecular weight is 417 g/mol. The van der Waals surface area contributed by atoms with Gasteiger partial charge in [0.2, 0.25) is 5.82 Å². The van der Waals surface area contributed by atoms with E-state index < -0.39 is 5.97 Å². The highest BCUT2D eigenvalue weighted by Gasteiger charge is 2.12. The van der Waals surface area contributed by atoms with Gasteiger partial charge in [-0.1, -0.05) is 55.5 Å². The molecule has 2 N–H and O–H groups in total. The number of rotatable bonds is 9. The van der Waals surface area contributed by atoms with E-state index >= 15 is 0 Å². The molecule has 0 aliphatic rings. The number of carboxylic acids is 1. The van der Waals surface area contributed by atoms with Gasteiger partial charge in [-0.25, -0.2) is 9.67 Å². The van der Waals surface area contributed by atoms with E-state index in [0.717, 1.165) is 40.3 Å². The molecule has 2 heterocycles. The normalized spacial score (nSPS) is 11.0. The molecule has 0 aliphatic heterocycles. The van der Waals surface area contributed by atoms with Crippen LogP contribution in [0.15, 0.2) is 48.5 Å². The van der Waals surface area contributed by atoms with Crippen LogP contribution in [0.4, 0.5) is 0 Å². The predicted molar refractivity (Wildman–Crippen MR) is 114 cm³/mol. The van der Waals surface area contributed by atoms with Gasteiger partial charge in [-0.15, -0.1) is 10.2 Å². The number of nitrogens with zero attached hydrogens (tertiary/aromatic N) is 6. The van der Waals surface area contributed by atoms with E-state index in [0.29, 0.717) is 25.2 Å². The highest BCUT2D eigenvalue weighted by molar-refractivity contribution is 5.80. The van der Waals surface area contributed by atoms with Crippen molar-refractivity contribution in [3.8, 4) is 22.5 Å². The minimum atomic E-state index is -0.793. The predicted octanol–water partition coefficient (Wildman–Crippen LogP) is 3.14. The third kappa shape index (κ3) is 4.82. The van der Waals surface area contributed by atoms with Crippen molar-refractivity contribution in [3.63, 3.8) is 0 Å². The molecule has 0 radical (unpaired) electrons. The Hall–Kier alpha value is -3.88. The van der Waals surface area contributed by atoms with Crippen molar-refractivity contribution >= 4 is 5.97 Å². The second-order valence-electron chi connectivity index (χ2n) is 7.18. The second kappa shape index (κ2) is 9.29. The van der Waals surface area contributed by atoms with Crippen LogP contribution in [0, 0.1) is 0 Å². The highest BCUT2D eigenvalue weighted by Crippen LogP contribution is 2.29. The maximum absolute atomic E-state index is 10.8. The summed E-state index contributed by atoms with van der Waals surface area (Å²) in [5, 5.41) is 27.8. The minimum absolute atomic E-state index is 0.128. The lowest BCUT2D eigenvalue weighted by Crippen LogP contribution is -2.08. The molecule has 0 bridgehead atoms. The summed E-state index contributed by atoms with van der Waals surface area (Å²) in [5.74, 6) is 1.36. The van der Waals surface area contributed by atoms with Crippen molar-refractivity contribution in [2.45, 2.75) is 39.2 Å². The molecule has 0 saturated heterocycles. The van der Waals surface area contributed by atoms with Gasteiger partial charge in [0.1, 0.15) is 5.82 Å². The van der Waals surface area contributed by atoms with Crippen molar-refractivity contribution in [1.82, 2.24) is 35.4 Å². The van der Waals surface area contributed by atoms with Crippen molar-refractivity contribution in [3.05, 3.63) is 65.7 Å². The number of carboxylic acid groups (broad SMARTS) is 1. The number of aromatic nitrogens is 7. The first-order valence-electron chi connectivity index (χ1n) is 10.2. The van der Waals surface area contributed by atoms with Crippen molar-refractivity contribution in [1.29, 1.82) is 0 Å². The Bertz CT molecular complexity index is 1150. The molecule has 0 aliphatic carbocycles. The Morgan fingerprint density at radius 2 is 1.87 bits per heavy atom. The summed E-state index contributed by atoms with van der Waals surface area (Å²) in [5.41, 5.74) is 4.08. The van der Waals surface area contributed by atoms with Crippen molar-refractivity contribution in [2.75, 3.05) is 0 Å². The molecule has 0 spiro atoms. The molecule has 4 aromatic rings. The van der Waals surface area contributed by atoms with Gasteiger partial charge in [0.05, 0.1) is 6.54 Å². The van der Waals surface area contributed by atoms with E-state index in [1.807, 2.05) is 35.9 Å². The molecule has 9 heteroatoms. The third-order valence-electron chi connectivity index (χ3n) is 5.01. The fourth-order valence-electron chi connectivity index (χ4n) is 3.45. The average Bonchev–Trinajstić information content (AvgIpc) is 3.45. The Balaban J connectivity index is 1.54. The molecular weight excluding hydrogens is 394 g/mol. The van der Waals surface area contributed by atoms with E-state index in [9.17, 15) is 4.79 Å². The molecule has 2 aromatic heterocycles. The third-order valence-corrected chi connectivity index (χ3v) is 5.01. The maximum Gasteiger partial charge on any atom is 0.303 e. The molecule has 9 nitrogen and oxygen atoms in total. The Morgan fingerprint density at radius 1 is 1.10 bits per heavy atom. The number of benzene rings is 2. The molecule has 0 amide bonds. The van der Waals surface area contributed by atoms with Crippen LogP contribution in [0.3, 0.4) is 0 Å². The smallest absolute Gasteiger partial charge is 0.303 e. The Labute approximate surface area is 179 Å². The van der Waals surface area contributed by atoms with Gasteiger partial charge in [0, 0.05) is 24.8 Å². The lowest BCUT2D eigenvalue weighted by molar-refractivity contribution is -0.137. The lowest BCUT2D eigenvalue weighted by Gasteiger charge is -2.09. The summed E-state index contributed by atoms with van der Waals surface area (Å²) < 4.78 is 1.88. The number of aryl methyl sites for hydroxylation is 2. The molecule has 0 atom stereocenters. The zero-order valence-corrected chi connectivity index (χ0v) is 17.2. The van der Waals surface area contributed by atoms with E-state index in [1.165, 1.54) is 0 Å². The number of aromatic amines is 1. The van der Waals surface area contributed by atoms with Gasteiger partial charge in [0.25, 0.3) is 0 Å². The zero-order chi connectivity index (χ0) is 21.6. The number of aliphatic carboxylic acids is 1. The summed E-state index contributed by atoms with van der Waals surface area (Å²) >= 11 is 0. The minimum Gasteiger partial charge on any atom is -0.481 e. The Morgan fingerprint density at radius 3 is 2.55 bits per heavy atom. The van der Waals surface area contributed by atoms with Crippen LogP contribution >= 0.6 is 0 Å². The number of tetrazole rings is 1. The molecule has 0 fully saturated rings. The van der Waals surface area contributed by atoms with Gasteiger partial charge in [-0.2, -0.15) is 10.3 Å². The van der Waals surface area contributed by atoms with E-state index in [2.05, 4.69) is 55.0 Å². The molecule has 0 unspecified atom stereocenters. The van der Waals surface area contributed by atoms with E-state index in [1.54, 1.807) is 0 Å². The topological polar surface area (TPSA) is 122 Å². The van der Waals surface area contributed by atoms with Gasteiger partial charge < -0.3 is 5.11 Å². The van der Waals surface area contributed by atoms with Crippen LogP contribution in [0.25, 0.3) is 22.5 Å². The molecule has 2 aromatic carbocycles. The maximum atomic E-state index is 10.8. The van der Waals surface area contributed by atoms with Crippen LogP contribution in [0.1, 0.15) is 37.0 Å². The molecular formula is C22H23N7O2. The summed E-state index contributed by atoms with van der Waals surface area (Å²) in [4.78, 5) is 15.4. The van der Waals surface area contributed by atoms with Gasteiger partial charge in [-0.05, 0) is 28.3 Å². The standard InChI is InChI=1S/C22H23N7O2/c1-2-19-23-20(8-5-9-21(30)31)29(26-19)14-15-10-12-16(13-11-15)17-6-3-4-7-18(17)22-24-27-28-25-22/h3-4,6-7,10-13H,2,5,8-9,14H2,1H3,(H,30,31)(H,24,25,27,28). The zero-order valence-electron chi connectivity index (χ0n) is 17.2. The lowest BCUT2D eigenvalue weighted by atomic mass is 9.98. The molecule has 31 heavy (non-hydrogen) atoms. The van der Waals surface area contributed by atoms with E-state index in [4.69, 9.17) is 5.11 Å². The summed E-state index contributed by atoms with van der Waals surface area (Å²) in [6.07, 6.45) is 2.01. The summed E-state index contributed by atoms with van der Waals surface area (Å²) in [6, 6.07) is 16.2. The molecule has 0 saturated carbocycles. The molecule has 4 rings (SSSR count). The first-order chi connectivity index (χ1) is 15.1. The van der Waals surface area contributed by atoms with Gasteiger partial charge in [-0.3, -0.25) is 4.79 Å². The van der Waals surface area contributed by atoms with Gasteiger partial charge >= 0.3 is 5.97 Å². The first kappa shape index (κ1) is 20.4. The van der Waals surface area contributed by atoms with Crippen molar-refractivity contribution < 1.29 is 9.90 Å². The number of nitrogens with one attached hydrogen (secondary N) is 1. The van der Waals surface area contributed by atoms with Crippen LogP contribution in [0.2, 0.25) is 0 Å². The second-order valence-corrected chi connectivity index (χ2v) is 7.18. The highest BCUT2D eigenvalue weighted by atomic mass is 16.4. The van der Waals surface area contributed by atoms with Crippen LogP contribution < -0.4 is 0 Å². The Kier molecular flexibility index (Phi) is 6.11. The number of hydrogen-bond donors (Lipinski definition) is 2. The SMILES string of the molecule is CCc1nc(CCCC(=O)O)n(Cc2ccc(-c3ccccc3-c3nn[nH]n3)cc2)n1. The monoisotopic (exact) mass is 417 g/mol.